The quantitative estimate of drug-likeness (QED) is 0.694. The summed E-state index contributed by atoms with van der Waals surface area (Å²) in [6.07, 6.45) is 0. The lowest BCUT2D eigenvalue weighted by molar-refractivity contribution is -0.384. The Morgan fingerprint density at radius 1 is 1.18 bits per heavy atom. The van der Waals surface area contributed by atoms with Gasteiger partial charge in [-0.1, -0.05) is 18.2 Å². The molecule has 0 saturated heterocycles. The number of anilines is 2. The molecule has 1 N–H and O–H groups in total. The van der Waals surface area contributed by atoms with Crippen molar-refractivity contribution in [3.63, 3.8) is 0 Å². The molecule has 0 radical (unpaired) electrons. The number of benzene rings is 2. The van der Waals surface area contributed by atoms with Gasteiger partial charge in [0.15, 0.2) is 0 Å². The molecule has 2 aromatic rings. The predicted molar refractivity (Wildman–Crippen MR) is 86.6 cm³/mol. The Morgan fingerprint density at radius 2 is 1.86 bits per heavy atom. The van der Waals surface area contributed by atoms with Gasteiger partial charge >= 0.3 is 0 Å². The van der Waals surface area contributed by atoms with Crippen molar-refractivity contribution in [2.24, 2.45) is 0 Å². The number of aryl methyl sites for hydroxylation is 1. The van der Waals surface area contributed by atoms with Crippen LogP contribution >= 0.6 is 0 Å². The van der Waals surface area contributed by atoms with E-state index in [1.807, 2.05) is 25.1 Å². The number of hydrogen-bond acceptors (Lipinski definition) is 4. The van der Waals surface area contributed by atoms with Gasteiger partial charge in [-0.15, -0.1) is 0 Å². The van der Waals surface area contributed by atoms with Gasteiger partial charge < -0.3 is 10.2 Å². The number of amides is 1. The Hall–Kier alpha value is -2.89. The first-order valence-electron chi connectivity index (χ1n) is 6.73. The Bertz CT molecular complexity index is 726. The SMILES string of the molecule is Cc1ccccc1NC(=O)c1cc([N+](=O)[O-])ccc1N(C)C. The number of nitrogens with one attached hydrogen (secondary N) is 1. The molecule has 6 nitrogen and oxygen atoms in total. The van der Waals surface area contributed by atoms with Crippen LogP contribution in [0, 0.1) is 17.0 Å². The zero-order valence-electron chi connectivity index (χ0n) is 12.7. The number of nitro benzene ring substituents is 1. The summed E-state index contributed by atoms with van der Waals surface area (Å²) < 4.78 is 0. The number of carbonyl (C=O) groups is 1. The molecule has 0 heterocycles. The zero-order valence-corrected chi connectivity index (χ0v) is 12.7. The van der Waals surface area contributed by atoms with Gasteiger partial charge in [0, 0.05) is 37.6 Å². The van der Waals surface area contributed by atoms with E-state index in [4.69, 9.17) is 0 Å². The highest BCUT2D eigenvalue weighted by atomic mass is 16.6. The van der Waals surface area contributed by atoms with E-state index in [0.29, 0.717) is 11.4 Å². The number of para-hydroxylation sites is 1. The van der Waals surface area contributed by atoms with Gasteiger partial charge in [-0.25, -0.2) is 0 Å². The van der Waals surface area contributed by atoms with Crippen LogP contribution in [0.5, 0.6) is 0 Å². The number of rotatable bonds is 4. The molecule has 114 valence electrons. The van der Waals surface area contributed by atoms with Gasteiger partial charge in [0.25, 0.3) is 11.6 Å². The van der Waals surface area contributed by atoms with E-state index in [1.165, 1.54) is 12.1 Å². The van der Waals surface area contributed by atoms with E-state index < -0.39 is 4.92 Å². The van der Waals surface area contributed by atoms with Crippen LogP contribution in [0.2, 0.25) is 0 Å². The first-order valence-corrected chi connectivity index (χ1v) is 6.73. The average molecular weight is 299 g/mol. The number of nitro groups is 1. The lowest BCUT2D eigenvalue weighted by Crippen LogP contribution is -2.19. The lowest BCUT2D eigenvalue weighted by atomic mass is 10.1. The molecule has 0 unspecified atom stereocenters. The molecule has 0 aliphatic rings. The Labute approximate surface area is 128 Å². The van der Waals surface area contributed by atoms with Crippen LogP contribution in [0.1, 0.15) is 15.9 Å². The number of carbonyl (C=O) groups excluding carboxylic acids is 1. The Balaban J connectivity index is 2.41. The maximum Gasteiger partial charge on any atom is 0.270 e. The molecule has 2 aromatic carbocycles. The highest BCUT2D eigenvalue weighted by Crippen LogP contribution is 2.25. The minimum absolute atomic E-state index is 0.111. The summed E-state index contributed by atoms with van der Waals surface area (Å²) in [6.45, 7) is 1.88. The fourth-order valence-electron chi connectivity index (χ4n) is 2.11. The number of hydrogen-bond donors (Lipinski definition) is 1. The van der Waals surface area contributed by atoms with Gasteiger partial charge in [-0.05, 0) is 24.6 Å². The highest BCUT2D eigenvalue weighted by molar-refractivity contribution is 6.08. The molecule has 6 heteroatoms. The number of nitrogens with zero attached hydrogens (tertiary/aromatic N) is 2. The van der Waals surface area contributed by atoms with Crippen molar-refractivity contribution >= 4 is 23.0 Å². The van der Waals surface area contributed by atoms with E-state index in [9.17, 15) is 14.9 Å². The van der Waals surface area contributed by atoms with Gasteiger partial charge in [0.2, 0.25) is 0 Å². The molecular weight excluding hydrogens is 282 g/mol. The van der Waals surface area contributed by atoms with E-state index in [2.05, 4.69) is 5.32 Å². The summed E-state index contributed by atoms with van der Waals surface area (Å²) in [5.41, 5.74) is 2.39. The van der Waals surface area contributed by atoms with Crippen molar-refractivity contribution in [1.29, 1.82) is 0 Å². The highest BCUT2D eigenvalue weighted by Gasteiger charge is 2.18. The summed E-state index contributed by atoms with van der Waals surface area (Å²) in [7, 11) is 3.57. The monoisotopic (exact) mass is 299 g/mol. The third-order valence-electron chi connectivity index (χ3n) is 3.31. The second kappa shape index (κ2) is 6.26. The zero-order chi connectivity index (χ0) is 16.3. The van der Waals surface area contributed by atoms with Crippen LogP contribution in [0.25, 0.3) is 0 Å². The van der Waals surface area contributed by atoms with Crippen LogP contribution in [0.3, 0.4) is 0 Å². The first-order chi connectivity index (χ1) is 10.4. The van der Waals surface area contributed by atoms with Crippen molar-refractivity contribution in [2.45, 2.75) is 6.92 Å². The van der Waals surface area contributed by atoms with Crippen LogP contribution < -0.4 is 10.2 Å². The molecule has 22 heavy (non-hydrogen) atoms. The van der Waals surface area contributed by atoms with Crippen LogP contribution in [-0.2, 0) is 0 Å². The van der Waals surface area contributed by atoms with Crippen molar-refractivity contribution < 1.29 is 9.72 Å². The largest absolute Gasteiger partial charge is 0.377 e. The van der Waals surface area contributed by atoms with E-state index in [1.54, 1.807) is 31.1 Å². The van der Waals surface area contributed by atoms with Crippen molar-refractivity contribution in [3.8, 4) is 0 Å². The van der Waals surface area contributed by atoms with Crippen molar-refractivity contribution in [3.05, 3.63) is 63.7 Å². The molecule has 0 bridgehead atoms. The molecule has 0 aliphatic carbocycles. The topological polar surface area (TPSA) is 75.5 Å². The van der Waals surface area contributed by atoms with E-state index in [-0.39, 0.29) is 17.2 Å². The molecule has 0 spiro atoms. The normalized spacial score (nSPS) is 10.1. The van der Waals surface area contributed by atoms with Gasteiger partial charge in [0.05, 0.1) is 10.5 Å². The third-order valence-corrected chi connectivity index (χ3v) is 3.31. The molecule has 1 amide bonds. The van der Waals surface area contributed by atoms with Crippen LogP contribution in [0.15, 0.2) is 42.5 Å². The Morgan fingerprint density at radius 3 is 2.45 bits per heavy atom. The summed E-state index contributed by atoms with van der Waals surface area (Å²) in [4.78, 5) is 24.7. The average Bonchev–Trinajstić information content (AvgIpc) is 2.48. The minimum atomic E-state index is -0.510. The lowest BCUT2D eigenvalue weighted by Gasteiger charge is -2.17. The maximum absolute atomic E-state index is 12.5. The first kappa shape index (κ1) is 15.5. The standard InChI is InChI=1S/C16H17N3O3/c1-11-6-4-5-7-14(11)17-16(20)13-10-12(19(21)22)8-9-15(13)18(2)3/h4-10H,1-3H3,(H,17,20). The summed E-state index contributed by atoms with van der Waals surface area (Å²) in [5, 5.41) is 13.7. The molecule has 0 atom stereocenters. The minimum Gasteiger partial charge on any atom is -0.377 e. The van der Waals surface area contributed by atoms with Crippen LogP contribution in [0.4, 0.5) is 17.1 Å². The predicted octanol–water partition coefficient (Wildman–Crippen LogP) is 3.22. The van der Waals surface area contributed by atoms with Crippen molar-refractivity contribution in [2.75, 3.05) is 24.3 Å². The fourth-order valence-corrected chi connectivity index (χ4v) is 2.11. The smallest absolute Gasteiger partial charge is 0.270 e. The van der Waals surface area contributed by atoms with Crippen LogP contribution in [-0.4, -0.2) is 24.9 Å². The van der Waals surface area contributed by atoms with Gasteiger partial charge in [0.1, 0.15) is 0 Å². The van der Waals surface area contributed by atoms with E-state index in [0.717, 1.165) is 5.56 Å². The summed E-state index contributed by atoms with van der Waals surface area (Å²) >= 11 is 0. The molecule has 0 fully saturated rings. The van der Waals surface area contributed by atoms with Gasteiger partial charge in [-0.2, -0.15) is 0 Å². The summed E-state index contributed by atoms with van der Waals surface area (Å²) in [6, 6.07) is 11.6. The van der Waals surface area contributed by atoms with Crippen molar-refractivity contribution in [1.82, 2.24) is 0 Å². The second-order valence-electron chi connectivity index (χ2n) is 5.12. The van der Waals surface area contributed by atoms with E-state index >= 15 is 0 Å². The second-order valence-corrected chi connectivity index (χ2v) is 5.12. The molecule has 0 aromatic heterocycles. The molecule has 0 saturated carbocycles. The molecule has 2 rings (SSSR count). The summed E-state index contributed by atoms with van der Waals surface area (Å²) in [5.74, 6) is -0.373. The molecular formula is C16H17N3O3. The maximum atomic E-state index is 12.5. The van der Waals surface area contributed by atoms with Gasteiger partial charge in [-0.3, -0.25) is 14.9 Å². The molecule has 0 aliphatic heterocycles. The number of non-ortho nitro benzene ring substituents is 1. The fraction of sp³-hybridized carbons (Fsp3) is 0.188. The Kier molecular flexibility index (Phi) is 4.41. The third kappa shape index (κ3) is 3.22.